The molecule has 7 nitrogen and oxygen atoms in total. The van der Waals surface area contributed by atoms with Gasteiger partial charge in [-0.3, -0.25) is 4.90 Å². The second-order valence-electron chi connectivity index (χ2n) is 7.17. The molecule has 7 heteroatoms. The zero-order valence-corrected chi connectivity index (χ0v) is 14.8. The Kier molecular flexibility index (Phi) is 4.43. The lowest BCUT2D eigenvalue weighted by molar-refractivity contribution is -0.0431. The van der Waals surface area contributed by atoms with Crippen molar-refractivity contribution in [2.24, 2.45) is 5.41 Å². The Morgan fingerprint density at radius 1 is 1.40 bits per heavy atom. The molecule has 2 fully saturated rings. The van der Waals surface area contributed by atoms with Crippen molar-refractivity contribution in [3.8, 4) is 6.01 Å². The fourth-order valence-corrected chi connectivity index (χ4v) is 3.91. The summed E-state index contributed by atoms with van der Waals surface area (Å²) in [6.45, 7) is 7.96. The van der Waals surface area contributed by atoms with Crippen LogP contribution in [-0.2, 0) is 11.3 Å². The number of likely N-dealkylation sites (tertiary alicyclic amines) is 1. The van der Waals surface area contributed by atoms with E-state index in [1.54, 1.807) is 6.20 Å². The number of rotatable bonds is 5. The van der Waals surface area contributed by atoms with E-state index in [2.05, 4.69) is 20.0 Å². The first-order valence-corrected chi connectivity index (χ1v) is 8.82. The lowest BCUT2D eigenvalue weighted by Gasteiger charge is -2.42. The van der Waals surface area contributed by atoms with Crippen LogP contribution in [0.4, 0.5) is 0 Å². The minimum Gasteiger partial charge on any atom is -0.463 e. The van der Waals surface area contributed by atoms with Gasteiger partial charge in [-0.2, -0.15) is 0 Å². The van der Waals surface area contributed by atoms with Crippen molar-refractivity contribution in [1.29, 1.82) is 0 Å². The van der Waals surface area contributed by atoms with Gasteiger partial charge >= 0.3 is 6.01 Å². The predicted molar refractivity (Wildman–Crippen MR) is 90.2 cm³/mol. The van der Waals surface area contributed by atoms with E-state index in [0.29, 0.717) is 12.6 Å². The molecule has 0 amide bonds. The van der Waals surface area contributed by atoms with Gasteiger partial charge in [0.25, 0.3) is 0 Å². The lowest BCUT2D eigenvalue weighted by Crippen LogP contribution is -2.52. The maximum absolute atomic E-state index is 5.99. The average Bonchev–Trinajstić information content (AvgIpc) is 3.19. The number of aromatic nitrogens is 3. The first-order valence-electron chi connectivity index (χ1n) is 8.82. The van der Waals surface area contributed by atoms with E-state index in [0.717, 1.165) is 56.2 Å². The van der Waals surface area contributed by atoms with Crippen LogP contribution in [-0.4, -0.2) is 52.4 Å². The third-order valence-electron chi connectivity index (χ3n) is 5.17. The minimum atomic E-state index is -0.00979. The molecular formula is C18H24N4O3. The van der Waals surface area contributed by atoms with E-state index >= 15 is 0 Å². The summed E-state index contributed by atoms with van der Waals surface area (Å²) in [5.74, 6) is 0.851. The van der Waals surface area contributed by atoms with Gasteiger partial charge in [0, 0.05) is 49.6 Å². The van der Waals surface area contributed by atoms with Crippen molar-refractivity contribution in [2.75, 3.05) is 26.3 Å². The summed E-state index contributed by atoms with van der Waals surface area (Å²) in [7, 11) is 0. The molecule has 2 aliphatic rings. The van der Waals surface area contributed by atoms with Gasteiger partial charge in [-0.05, 0) is 32.8 Å². The zero-order chi connectivity index (χ0) is 17.3. The fourth-order valence-electron chi connectivity index (χ4n) is 3.91. The summed E-state index contributed by atoms with van der Waals surface area (Å²) in [5.41, 5.74) is 1.88. The molecule has 134 valence electrons. The largest absolute Gasteiger partial charge is 0.463 e. The number of piperidine rings is 1. The van der Waals surface area contributed by atoms with Gasteiger partial charge in [0.2, 0.25) is 0 Å². The van der Waals surface area contributed by atoms with Gasteiger partial charge in [0.15, 0.2) is 0 Å². The smallest absolute Gasteiger partial charge is 0.316 e. The normalized spacial score (nSPS) is 26.6. The topological polar surface area (TPSA) is 73.5 Å². The van der Waals surface area contributed by atoms with Crippen LogP contribution in [0.1, 0.15) is 30.0 Å². The van der Waals surface area contributed by atoms with Gasteiger partial charge in [-0.1, -0.05) is 5.16 Å². The molecule has 2 aliphatic heterocycles. The zero-order valence-electron chi connectivity index (χ0n) is 14.8. The van der Waals surface area contributed by atoms with E-state index in [-0.39, 0.29) is 11.5 Å². The Bertz CT molecular complexity index is 735. The monoisotopic (exact) mass is 344 g/mol. The van der Waals surface area contributed by atoms with Crippen molar-refractivity contribution in [1.82, 2.24) is 20.0 Å². The van der Waals surface area contributed by atoms with Gasteiger partial charge in [0.05, 0.1) is 11.8 Å². The van der Waals surface area contributed by atoms with E-state index in [1.165, 1.54) is 0 Å². The van der Waals surface area contributed by atoms with Crippen molar-refractivity contribution in [2.45, 2.75) is 39.3 Å². The van der Waals surface area contributed by atoms with Gasteiger partial charge in [-0.25, -0.2) is 9.97 Å². The SMILES string of the molecule is Cc1ccnc(OC[C@@]23CCO[C@@H]2CCN(Cc2cc(C)on2)C3)n1. The third kappa shape index (κ3) is 3.52. The van der Waals surface area contributed by atoms with Crippen molar-refractivity contribution < 1.29 is 14.0 Å². The molecule has 0 N–H and O–H groups in total. The molecule has 0 unspecified atom stereocenters. The fraction of sp³-hybridized carbons (Fsp3) is 0.611. The summed E-state index contributed by atoms with van der Waals surface area (Å²) >= 11 is 0. The minimum absolute atomic E-state index is 0.00979. The van der Waals surface area contributed by atoms with Crippen LogP contribution in [0, 0.1) is 19.3 Å². The Balaban J connectivity index is 1.45. The molecule has 0 saturated carbocycles. The van der Waals surface area contributed by atoms with Crippen LogP contribution < -0.4 is 4.74 Å². The van der Waals surface area contributed by atoms with Crippen LogP contribution in [0.15, 0.2) is 22.9 Å². The Hall–Kier alpha value is -1.99. The summed E-state index contributed by atoms with van der Waals surface area (Å²) in [4.78, 5) is 11.0. The maximum atomic E-state index is 5.99. The molecule has 0 radical (unpaired) electrons. The number of fused-ring (bicyclic) bond motifs is 1. The number of ether oxygens (including phenoxy) is 2. The van der Waals surface area contributed by atoms with Crippen LogP contribution >= 0.6 is 0 Å². The average molecular weight is 344 g/mol. The third-order valence-corrected chi connectivity index (χ3v) is 5.17. The van der Waals surface area contributed by atoms with Crippen molar-refractivity contribution >= 4 is 0 Å². The molecule has 2 atom stereocenters. The summed E-state index contributed by atoms with van der Waals surface area (Å²) in [6.07, 6.45) is 3.98. The maximum Gasteiger partial charge on any atom is 0.316 e. The molecule has 2 aromatic heterocycles. The second kappa shape index (κ2) is 6.72. The van der Waals surface area contributed by atoms with Gasteiger partial charge in [-0.15, -0.1) is 0 Å². The highest BCUT2D eigenvalue weighted by atomic mass is 16.5. The Labute approximate surface area is 147 Å². The molecule has 0 bridgehead atoms. The first-order chi connectivity index (χ1) is 12.1. The number of hydrogen-bond acceptors (Lipinski definition) is 7. The van der Waals surface area contributed by atoms with Crippen LogP contribution in [0.3, 0.4) is 0 Å². The number of aryl methyl sites for hydroxylation is 2. The van der Waals surface area contributed by atoms with Crippen molar-refractivity contribution in [3.63, 3.8) is 0 Å². The second-order valence-corrected chi connectivity index (χ2v) is 7.17. The Morgan fingerprint density at radius 3 is 3.12 bits per heavy atom. The Morgan fingerprint density at radius 2 is 2.32 bits per heavy atom. The molecule has 25 heavy (non-hydrogen) atoms. The highest BCUT2D eigenvalue weighted by molar-refractivity contribution is 5.07. The molecule has 4 rings (SSSR count). The summed E-state index contributed by atoms with van der Waals surface area (Å²) in [5, 5.41) is 4.12. The van der Waals surface area contributed by atoms with Gasteiger partial charge < -0.3 is 14.0 Å². The molecule has 2 saturated heterocycles. The van der Waals surface area contributed by atoms with Crippen LogP contribution in [0.25, 0.3) is 0 Å². The standard InChI is InChI=1S/C18H24N4O3/c1-13-3-6-19-17(20-13)24-12-18-5-8-23-16(18)4-7-22(11-18)10-15-9-14(2)25-21-15/h3,6,9,16H,4-5,7-8,10-12H2,1-2H3/t16-,18+/m1/s1. The predicted octanol–water partition coefficient (Wildman–Crippen LogP) is 2.14. The highest BCUT2D eigenvalue weighted by Crippen LogP contribution is 2.41. The van der Waals surface area contributed by atoms with Crippen LogP contribution in [0.2, 0.25) is 0 Å². The lowest BCUT2D eigenvalue weighted by atomic mass is 9.77. The van der Waals surface area contributed by atoms with Crippen LogP contribution in [0.5, 0.6) is 6.01 Å². The first kappa shape index (κ1) is 16.5. The number of hydrogen-bond donors (Lipinski definition) is 0. The van der Waals surface area contributed by atoms with E-state index in [9.17, 15) is 0 Å². The van der Waals surface area contributed by atoms with E-state index in [1.807, 2.05) is 26.0 Å². The van der Waals surface area contributed by atoms with E-state index in [4.69, 9.17) is 14.0 Å². The van der Waals surface area contributed by atoms with Crippen molar-refractivity contribution in [3.05, 3.63) is 35.5 Å². The molecule has 4 heterocycles. The number of nitrogens with zero attached hydrogens (tertiary/aromatic N) is 4. The molecule has 0 aliphatic carbocycles. The molecule has 2 aromatic rings. The quantitative estimate of drug-likeness (QED) is 0.823. The molecule has 0 aromatic carbocycles. The highest BCUT2D eigenvalue weighted by Gasteiger charge is 2.48. The van der Waals surface area contributed by atoms with Gasteiger partial charge in [0.1, 0.15) is 12.4 Å². The molecular weight excluding hydrogens is 320 g/mol. The van der Waals surface area contributed by atoms with E-state index < -0.39 is 0 Å². The summed E-state index contributed by atoms with van der Waals surface area (Å²) in [6, 6.07) is 4.32. The summed E-state index contributed by atoms with van der Waals surface area (Å²) < 4.78 is 17.2. The molecule has 0 spiro atoms.